The van der Waals surface area contributed by atoms with Gasteiger partial charge in [-0.2, -0.15) is 0 Å². The second-order valence-electron chi connectivity index (χ2n) is 6.72. The van der Waals surface area contributed by atoms with Crippen molar-refractivity contribution in [2.24, 2.45) is 5.92 Å². The quantitative estimate of drug-likeness (QED) is 0.229. The van der Waals surface area contributed by atoms with Crippen LogP contribution in [0, 0.1) is 17.8 Å². The third-order valence-electron chi connectivity index (χ3n) is 4.33. The molecule has 0 aromatic carbocycles. The summed E-state index contributed by atoms with van der Waals surface area (Å²) in [6.45, 7) is 6.97. The molecule has 0 aliphatic heterocycles. The van der Waals surface area contributed by atoms with Gasteiger partial charge in [-0.15, -0.1) is 11.8 Å². The van der Waals surface area contributed by atoms with Crippen molar-refractivity contribution in [1.82, 2.24) is 0 Å². The molecule has 0 N–H and O–H groups in total. The first-order valence-electron chi connectivity index (χ1n) is 9.77. The minimum atomic E-state index is 0.925. The van der Waals surface area contributed by atoms with Crippen LogP contribution in [0.15, 0.2) is 0 Å². The van der Waals surface area contributed by atoms with Crippen LogP contribution in [0.25, 0.3) is 0 Å². The zero-order valence-electron chi connectivity index (χ0n) is 15.2. The van der Waals surface area contributed by atoms with E-state index in [1.807, 2.05) is 0 Å². The third kappa shape index (κ3) is 17.5. The van der Waals surface area contributed by atoms with E-state index in [0.29, 0.717) is 0 Å². The van der Waals surface area contributed by atoms with Gasteiger partial charge in [0, 0.05) is 12.8 Å². The van der Waals surface area contributed by atoms with Gasteiger partial charge in [-0.05, 0) is 18.8 Å². The van der Waals surface area contributed by atoms with Crippen LogP contribution in [-0.4, -0.2) is 0 Å². The second kappa shape index (κ2) is 17.6. The van der Waals surface area contributed by atoms with Gasteiger partial charge in [-0.1, -0.05) is 91.4 Å². The highest BCUT2D eigenvalue weighted by Gasteiger charge is 2.01. The Hall–Kier alpha value is -0.440. The smallest absolute Gasteiger partial charge is 0.00886 e. The highest BCUT2D eigenvalue weighted by molar-refractivity contribution is 4.98. The fourth-order valence-electron chi connectivity index (χ4n) is 2.76. The first kappa shape index (κ1) is 20.6. The molecule has 124 valence electrons. The first-order valence-corrected chi connectivity index (χ1v) is 9.77. The lowest BCUT2D eigenvalue weighted by Crippen LogP contribution is -1.95. The van der Waals surface area contributed by atoms with E-state index in [2.05, 4.69) is 32.6 Å². The van der Waals surface area contributed by atoms with Gasteiger partial charge in [0.15, 0.2) is 0 Å². The molecule has 0 aromatic rings. The molecule has 0 heteroatoms. The van der Waals surface area contributed by atoms with Crippen LogP contribution in [0.2, 0.25) is 0 Å². The fourth-order valence-corrected chi connectivity index (χ4v) is 2.76. The minimum Gasteiger partial charge on any atom is -0.103 e. The van der Waals surface area contributed by atoms with Gasteiger partial charge in [0.05, 0.1) is 0 Å². The summed E-state index contributed by atoms with van der Waals surface area (Å²) in [5, 5.41) is 0. The summed E-state index contributed by atoms with van der Waals surface area (Å²) in [5.74, 6) is 7.58. The van der Waals surface area contributed by atoms with Crippen molar-refractivity contribution in [3.63, 3.8) is 0 Å². The van der Waals surface area contributed by atoms with Crippen LogP contribution in [0.4, 0.5) is 0 Å². The van der Waals surface area contributed by atoms with Crippen molar-refractivity contribution in [3.8, 4) is 11.8 Å². The first-order chi connectivity index (χ1) is 10.3. The molecule has 1 unspecified atom stereocenters. The molecular formula is C21H40. The Balaban J connectivity index is 3.24. The second-order valence-corrected chi connectivity index (χ2v) is 6.72. The Labute approximate surface area is 135 Å². The molecule has 0 aliphatic rings. The van der Waals surface area contributed by atoms with E-state index in [0.717, 1.165) is 18.8 Å². The lowest BCUT2D eigenvalue weighted by molar-refractivity contribution is 0.439. The molecule has 0 aromatic heterocycles. The Morgan fingerprint density at radius 2 is 1.00 bits per heavy atom. The molecule has 0 aliphatic carbocycles. The number of hydrogen-bond donors (Lipinski definition) is 0. The van der Waals surface area contributed by atoms with Crippen LogP contribution in [0.3, 0.4) is 0 Å². The Morgan fingerprint density at radius 1 is 0.571 bits per heavy atom. The minimum absolute atomic E-state index is 0.925. The van der Waals surface area contributed by atoms with Crippen LogP contribution in [0.1, 0.15) is 117 Å². The van der Waals surface area contributed by atoms with Gasteiger partial charge < -0.3 is 0 Å². The molecule has 21 heavy (non-hydrogen) atoms. The normalized spacial score (nSPS) is 12.0. The van der Waals surface area contributed by atoms with Crippen molar-refractivity contribution >= 4 is 0 Å². The summed E-state index contributed by atoms with van der Waals surface area (Å²) >= 11 is 0. The summed E-state index contributed by atoms with van der Waals surface area (Å²) in [6.07, 6.45) is 20.3. The van der Waals surface area contributed by atoms with E-state index in [1.165, 1.54) is 83.5 Å². The predicted molar refractivity (Wildman–Crippen MR) is 97.5 cm³/mol. The number of unbranched alkanes of at least 4 members (excludes halogenated alkanes) is 10. The van der Waals surface area contributed by atoms with Gasteiger partial charge in [0.25, 0.3) is 0 Å². The molecule has 0 bridgehead atoms. The SMILES string of the molecule is CCCCCC#CCCCCC(C)CCCCCCCC. The Morgan fingerprint density at radius 3 is 1.62 bits per heavy atom. The van der Waals surface area contributed by atoms with E-state index in [4.69, 9.17) is 0 Å². The standard InChI is InChI=1S/C21H40/c1-4-6-8-10-12-13-14-16-18-20-21(3)19-17-15-11-9-7-5-2/h21H,4-11,14-20H2,1-3H3. The molecular weight excluding hydrogens is 252 g/mol. The van der Waals surface area contributed by atoms with E-state index in [-0.39, 0.29) is 0 Å². The Bertz CT molecular complexity index is 242. The molecule has 0 fully saturated rings. The molecule has 0 heterocycles. The van der Waals surface area contributed by atoms with Crippen LogP contribution in [-0.2, 0) is 0 Å². The van der Waals surface area contributed by atoms with Crippen LogP contribution < -0.4 is 0 Å². The summed E-state index contributed by atoms with van der Waals surface area (Å²) in [7, 11) is 0. The predicted octanol–water partition coefficient (Wildman–Crippen LogP) is 7.52. The number of hydrogen-bond acceptors (Lipinski definition) is 0. The largest absolute Gasteiger partial charge is 0.103 e. The third-order valence-corrected chi connectivity index (χ3v) is 4.33. The van der Waals surface area contributed by atoms with Crippen molar-refractivity contribution < 1.29 is 0 Å². The van der Waals surface area contributed by atoms with E-state index in [1.54, 1.807) is 0 Å². The maximum Gasteiger partial charge on any atom is 0.00886 e. The maximum absolute atomic E-state index is 3.34. The van der Waals surface area contributed by atoms with Crippen molar-refractivity contribution in [2.45, 2.75) is 117 Å². The van der Waals surface area contributed by atoms with E-state index >= 15 is 0 Å². The lowest BCUT2D eigenvalue weighted by Gasteiger charge is -2.10. The monoisotopic (exact) mass is 292 g/mol. The lowest BCUT2D eigenvalue weighted by atomic mass is 9.96. The van der Waals surface area contributed by atoms with Gasteiger partial charge >= 0.3 is 0 Å². The van der Waals surface area contributed by atoms with Gasteiger partial charge in [-0.25, -0.2) is 0 Å². The van der Waals surface area contributed by atoms with Crippen LogP contribution >= 0.6 is 0 Å². The summed E-state index contributed by atoms with van der Waals surface area (Å²) in [4.78, 5) is 0. The topological polar surface area (TPSA) is 0 Å². The molecule has 0 saturated heterocycles. The zero-order chi connectivity index (χ0) is 15.6. The molecule has 0 saturated carbocycles. The Kier molecular flexibility index (Phi) is 17.2. The maximum atomic E-state index is 3.34. The molecule has 0 amide bonds. The molecule has 1 atom stereocenters. The van der Waals surface area contributed by atoms with Crippen LogP contribution in [0.5, 0.6) is 0 Å². The highest BCUT2D eigenvalue weighted by atomic mass is 14.1. The molecule has 0 nitrogen and oxygen atoms in total. The molecule has 0 spiro atoms. The molecule has 0 rings (SSSR count). The summed E-state index contributed by atoms with van der Waals surface area (Å²) in [6, 6.07) is 0. The zero-order valence-corrected chi connectivity index (χ0v) is 15.2. The molecule has 0 radical (unpaired) electrons. The fraction of sp³-hybridized carbons (Fsp3) is 0.905. The van der Waals surface area contributed by atoms with Gasteiger partial charge in [0.1, 0.15) is 0 Å². The summed E-state index contributed by atoms with van der Waals surface area (Å²) in [5.41, 5.74) is 0. The highest BCUT2D eigenvalue weighted by Crippen LogP contribution is 2.17. The summed E-state index contributed by atoms with van der Waals surface area (Å²) < 4.78 is 0. The number of rotatable bonds is 14. The van der Waals surface area contributed by atoms with Gasteiger partial charge in [0.2, 0.25) is 0 Å². The van der Waals surface area contributed by atoms with Gasteiger partial charge in [-0.3, -0.25) is 0 Å². The average molecular weight is 293 g/mol. The van der Waals surface area contributed by atoms with Crippen molar-refractivity contribution in [2.75, 3.05) is 0 Å². The van der Waals surface area contributed by atoms with Crippen molar-refractivity contribution in [1.29, 1.82) is 0 Å². The van der Waals surface area contributed by atoms with E-state index in [9.17, 15) is 0 Å². The van der Waals surface area contributed by atoms with Crippen molar-refractivity contribution in [3.05, 3.63) is 0 Å². The van der Waals surface area contributed by atoms with E-state index < -0.39 is 0 Å². The average Bonchev–Trinajstić information content (AvgIpc) is 2.49.